The molecule has 0 spiro atoms. The van der Waals surface area contributed by atoms with Gasteiger partial charge in [-0.1, -0.05) is 11.8 Å². The fraction of sp³-hybridized carbons (Fsp3) is 0.529. The second kappa shape index (κ2) is 8.04. The average molecular weight is 288 g/mol. The number of nitrogens with two attached hydrogens (primary N) is 1. The smallest absolute Gasteiger partial charge is 0.119 e. The van der Waals surface area contributed by atoms with Gasteiger partial charge in [-0.3, -0.25) is 4.90 Å². The van der Waals surface area contributed by atoms with Crippen LogP contribution in [-0.2, 0) is 6.54 Å². The summed E-state index contributed by atoms with van der Waals surface area (Å²) in [6.45, 7) is 3.58. The molecule has 3 N–H and O–H groups in total. The highest BCUT2D eigenvalue weighted by Crippen LogP contribution is 2.22. The van der Waals surface area contributed by atoms with Gasteiger partial charge in [-0.2, -0.15) is 0 Å². The molecule has 0 aliphatic carbocycles. The normalized spacial score (nSPS) is 16.3. The number of rotatable bonds is 4. The Morgan fingerprint density at radius 1 is 1.38 bits per heavy atom. The molecule has 1 aromatic carbocycles. The van der Waals surface area contributed by atoms with Gasteiger partial charge in [-0.05, 0) is 55.6 Å². The maximum absolute atomic E-state index is 9.21. The Bertz CT molecular complexity index is 511. The number of methoxy groups -OCH3 is 1. The Balaban J connectivity index is 2.10. The first-order valence-electron chi connectivity index (χ1n) is 7.46. The second-order valence-corrected chi connectivity index (χ2v) is 5.43. The Hall–Kier alpha value is -1.54. The summed E-state index contributed by atoms with van der Waals surface area (Å²) < 4.78 is 5.31. The topological polar surface area (TPSA) is 58.7 Å². The average Bonchev–Trinajstić information content (AvgIpc) is 2.54. The molecular weight excluding hydrogens is 264 g/mol. The quantitative estimate of drug-likeness (QED) is 0.818. The van der Waals surface area contributed by atoms with E-state index in [4.69, 9.17) is 10.5 Å². The van der Waals surface area contributed by atoms with Gasteiger partial charge in [-0.25, -0.2) is 0 Å². The van der Waals surface area contributed by atoms with Crippen LogP contribution in [0.1, 0.15) is 24.0 Å². The molecule has 0 atom stereocenters. The summed E-state index contributed by atoms with van der Waals surface area (Å²) in [6, 6.07) is 5.98. The largest absolute Gasteiger partial charge is 0.497 e. The number of likely N-dealkylation sites (tertiary alicyclic amines) is 1. The predicted molar refractivity (Wildman–Crippen MR) is 84.0 cm³/mol. The Labute approximate surface area is 126 Å². The molecular formula is C17H24N2O2. The predicted octanol–water partition coefficient (Wildman–Crippen LogP) is 1.21. The zero-order valence-corrected chi connectivity index (χ0v) is 12.6. The lowest BCUT2D eigenvalue weighted by molar-refractivity contribution is 0.127. The van der Waals surface area contributed by atoms with E-state index >= 15 is 0 Å². The standard InChI is InChI=1S/C17H24N2O2/c1-21-17-5-4-15(3-2-8-18)16(11-17)12-19-9-6-14(13-20)7-10-19/h4-5,11,14,20H,6-10,12-13,18H2,1H3. The minimum Gasteiger partial charge on any atom is -0.497 e. The fourth-order valence-electron chi connectivity index (χ4n) is 2.66. The van der Waals surface area contributed by atoms with Gasteiger partial charge in [-0.15, -0.1) is 0 Å². The van der Waals surface area contributed by atoms with Crippen LogP contribution in [0, 0.1) is 17.8 Å². The van der Waals surface area contributed by atoms with Crippen molar-refractivity contribution in [3.05, 3.63) is 29.3 Å². The fourth-order valence-corrected chi connectivity index (χ4v) is 2.66. The monoisotopic (exact) mass is 288 g/mol. The Morgan fingerprint density at radius 3 is 2.76 bits per heavy atom. The molecule has 0 amide bonds. The lowest BCUT2D eigenvalue weighted by atomic mass is 9.97. The molecule has 0 bridgehead atoms. The van der Waals surface area contributed by atoms with E-state index in [9.17, 15) is 5.11 Å². The molecule has 1 heterocycles. The molecule has 1 aliphatic heterocycles. The van der Waals surface area contributed by atoms with Gasteiger partial charge in [0.25, 0.3) is 0 Å². The molecule has 114 valence electrons. The van der Waals surface area contributed by atoms with E-state index in [1.165, 1.54) is 5.56 Å². The first kappa shape index (κ1) is 15.8. The summed E-state index contributed by atoms with van der Waals surface area (Å²) in [5.41, 5.74) is 7.66. The highest BCUT2D eigenvalue weighted by molar-refractivity contribution is 5.45. The van der Waals surface area contributed by atoms with E-state index in [0.717, 1.165) is 43.8 Å². The van der Waals surface area contributed by atoms with E-state index < -0.39 is 0 Å². The summed E-state index contributed by atoms with van der Waals surface area (Å²) in [6.07, 6.45) is 2.12. The van der Waals surface area contributed by atoms with Crippen molar-refractivity contribution < 1.29 is 9.84 Å². The first-order valence-corrected chi connectivity index (χ1v) is 7.46. The molecule has 1 aliphatic rings. The van der Waals surface area contributed by atoms with Crippen molar-refractivity contribution in [2.75, 3.05) is 33.4 Å². The zero-order chi connectivity index (χ0) is 15.1. The van der Waals surface area contributed by atoms with Gasteiger partial charge in [0, 0.05) is 18.7 Å². The lowest BCUT2D eigenvalue weighted by Gasteiger charge is -2.31. The molecule has 21 heavy (non-hydrogen) atoms. The number of aliphatic hydroxyl groups is 1. The number of benzene rings is 1. The number of aliphatic hydroxyl groups excluding tert-OH is 1. The molecule has 1 saturated heterocycles. The number of hydrogen-bond donors (Lipinski definition) is 2. The van der Waals surface area contributed by atoms with Crippen LogP contribution in [0.2, 0.25) is 0 Å². The molecule has 4 nitrogen and oxygen atoms in total. The molecule has 1 aromatic rings. The maximum Gasteiger partial charge on any atom is 0.119 e. The summed E-state index contributed by atoms with van der Waals surface area (Å²) in [5.74, 6) is 7.37. The molecule has 0 radical (unpaired) electrons. The van der Waals surface area contributed by atoms with E-state index in [1.807, 2.05) is 12.1 Å². The Morgan fingerprint density at radius 2 is 2.14 bits per heavy atom. The van der Waals surface area contributed by atoms with Crippen LogP contribution in [0.3, 0.4) is 0 Å². The van der Waals surface area contributed by atoms with Gasteiger partial charge in [0.15, 0.2) is 0 Å². The first-order chi connectivity index (χ1) is 10.3. The van der Waals surface area contributed by atoms with Gasteiger partial charge >= 0.3 is 0 Å². The van der Waals surface area contributed by atoms with Gasteiger partial charge in [0.05, 0.1) is 13.7 Å². The SMILES string of the molecule is COc1ccc(C#CCN)c(CN2CCC(CO)CC2)c1. The van der Waals surface area contributed by atoms with Crippen LogP contribution < -0.4 is 10.5 Å². The van der Waals surface area contributed by atoms with Crippen LogP contribution in [-0.4, -0.2) is 43.4 Å². The third kappa shape index (κ3) is 4.47. The van der Waals surface area contributed by atoms with Gasteiger partial charge in [0.1, 0.15) is 5.75 Å². The van der Waals surface area contributed by atoms with Crippen molar-refractivity contribution in [2.45, 2.75) is 19.4 Å². The highest BCUT2D eigenvalue weighted by Gasteiger charge is 2.19. The number of piperidine rings is 1. The van der Waals surface area contributed by atoms with Crippen LogP contribution in [0.25, 0.3) is 0 Å². The maximum atomic E-state index is 9.21. The summed E-state index contributed by atoms with van der Waals surface area (Å²) >= 11 is 0. The van der Waals surface area contributed by atoms with Crippen molar-refractivity contribution in [3.8, 4) is 17.6 Å². The highest BCUT2D eigenvalue weighted by atomic mass is 16.5. The number of nitrogens with zero attached hydrogens (tertiary/aromatic N) is 1. The van der Waals surface area contributed by atoms with Crippen molar-refractivity contribution in [1.29, 1.82) is 0 Å². The van der Waals surface area contributed by atoms with Crippen molar-refractivity contribution in [1.82, 2.24) is 4.90 Å². The summed E-state index contributed by atoms with van der Waals surface area (Å²) in [5, 5.41) is 9.21. The number of ether oxygens (including phenoxy) is 1. The molecule has 1 fully saturated rings. The summed E-state index contributed by atoms with van der Waals surface area (Å²) in [4.78, 5) is 2.41. The van der Waals surface area contributed by atoms with Crippen molar-refractivity contribution in [2.24, 2.45) is 11.7 Å². The second-order valence-electron chi connectivity index (χ2n) is 5.43. The minimum absolute atomic E-state index is 0.306. The molecule has 4 heteroatoms. The third-order valence-corrected chi connectivity index (χ3v) is 4.00. The van der Waals surface area contributed by atoms with E-state index in [1.54, 1.807) is 7.11 Å². The molecule has 0 saturated carbocycles. The zero-order valence-electron chi connectivity index (χ0n) is 12.6. The van der Waals surface area contributed by atoms with Gasteiger partial charge < -0.3 is 15.6 Å². The minimum atomic E-state index is 0.306. The van der Waals surface area contributed by atoms with Crippen molar-refractivity contribution >= 4 is 0 Å². The summed E-state index contributed by atoms with van der Waals surface area (Å²) in [7, 11) is 1.68. The molecule has 0 unspecified atom stereocenters. The van der Waals surface area contributed by atoms with E-state index in [2.05, 4.69) is 22.8 Å². The van der Waals surface area contributed by atoms with Crippen LogP contribution in [0.15, 0.2) is 18.2 Å². The third-order valence-electron chi connectivity index (χ3n) is 4.00. The molecule has 0 aromatic heterocycles. The van der Waals surface area contributed by atoms with Gasteiger partial charge in [0.2, 0.25) is 0 Å². The van der Waals surface area contributed by atoms with Crippen LogP contribution in [0.5, 0.6) is 5.75 Å². The molecule has 2 rings (SSSR count). The van der Waals surface area contributed by atoms with Crippen molar-refractivity contribution in [3.63, 3.8) is 0 Å². The van der Waals surface area contributed by atoms with Crippen LogP contribution >= 0.6 is 0 Å². The van der Waals surface area contributed by atoms with E-state index in [-0.39, 0.29) is 0 Å². The van der Waals surface area contributed by atoms with E-state index in [0.29, 0.717) is 19.1 Å². The Kier molecular flexibility index (Phi) is 6.06. The van der Waals surface area contributed by atoms with Crippen LogP contribution in [0.4, 0.5) is 0 Å². The lowest BCUT2D eigenvalue weighted by Crippen LogP contribution is -2.34. The number of hydrogen-bond acceptors (Lipinski definition) is 4.